The molecule has 2 aliphatic rings. The summed E-state index contributed by atoms with van der Waals surface area (Å²) in [5, 5.41) is 9.47. The fourth-order valence-electron chi connectivity index (χ4n) is 5.26. The minimum absolute atomic E-state index is 0.00614. The van der Waals surface area contributed by atoms with Crippen molar-refractivity contribution in [3.8, 4) is 5.75 Å². The van der Waals surface area contributed by atoms with Crippen molar-refractivity contribution in [2.45, 2.75) is 25.7 Å². The van der Waals surface area contributed by atoms with Gasteiger partial charge in [-0.25, -0.2) is 4.98 Å². The van der Waals surface area contributed by atoms with Crippen molar-refractivity contribution in [2.24, 2.45) is 11.8 Å². The third kappa shape index (κ3) is 7.89. The van der Waals surface area contributed by atoms with Gasteiger partial charge in [-0.3, -0.25) is 14.6 Å². The molecular formula is C29H42N4O5. The summed E-state index contributed by atoms with van der Waals surface area (Å²) >= 11 is 0. The second-order valence-electron chi connectivity index (χ2n) is 10.0. The number of methoxy groups -OCH3 is 1. The Labute approximate surface area is 226 Å². The van der Waals surface area contributed by atoms with Gasteiger partial charge in [0.05, 0.1) is 18.9 Å². The van der Waals surface area contributed by atoms with E-state index in [0.717, 1.165) is 75.7 Å². The number of aliphatic hydroxyl groups excluding tert-OH is 1. The molecule has 0 bridgehead atoms. The molecule has 2 aromatic rings. The fourth-order valence-corrected chi connectivity index (χ4v) is 5.26. The van der Waals surface area contributed by atoms with Crippen molar-refractivity contribution in [3.05, 3.63) is 48.7 Å². The number of benzene rings is 1. The highest BCUT2D eigenvalue weighted by atomic mass is 16.7. The number of nitrogens with zero attached hydrogens (tertiary/aromatic N) is 4. The van der Waals surface area contributed by atoms with E-state index in [4.69, 9.17) is 14.2 Å². The molecule has 0 atom stereocenters. The standard InChI is InChI=1S/C29H42N4O5/c1-36-20-21-37-23-38-27-7-3-2-6-26(27)32-17-14-31(15-18-32)16-19-33(28-8-4-5-13-30-28)29(35)25-11-9-24(22-34)10-12-25/h2-8,13,24-25,34H,9-12,14-23H2,1H3. The zero-order valence-electron chi connectivity index (χ0n) is 22.5. The van der Waals surface area contributed by atoms with Gasteiger partial charge < -0.3 is 24.2 Å². The van der Waals surface area contributed by atoms with Crippen LogP contribution in [-0.4, -0.2) is 93.9 Å². The topological polar surface area (TPSA) is 87.6 Å². The first-order valence-electron chi connectivity index (χ1n) is 13.8. The second-order valence-corrected chi connectivity index (χ2v) is 10.0. The number of aliphatic hydroxyl groups is 1. The number of hydrogen-bond acceptors (Lipinski definition) is 8. The zero-order valence-corrected chi connectivity index (χ0v) is 22.5. The number of amides is 1. The summed E-state index contributed by atoms with van der Waals surface area (Å²) in [5.41, 5.74) is 1.08. The van der Waals surface area contributed by atoms with Crippen molar-refractivity contribution >= 4 is 17.4 Å². The van der Waals surface area contributed by atoms with Crippen molar-refractivity contribution in [1.29, 1.82) is 0 Å². The summed E-state index contributed by atoms with van der Waals surface area (Å²) in [6.07, 6.45) is 5.25. The minimum Gasteiger partial charge on any atom is -0.465 e. The minimum atomic E-state index is 0.00614. The van der Waals surface area contributed by atoms with E-state index >= 15 is 0 Å². The number of anilines is 2. The predicted octanol–water partition coefficient (Wildman–Crippen LogP) is 3.03. The normalized spacial score (nSPS) is 20.3. The van der Waals surface area contributed by atoms with Gasteiger partial charge in [-0.05, 0) is 55.9 Å². The molecule has 2 heterocycles. The maximum atomic E-state index is 13.6. The molecular weight excluding hydrogens is 484 g/mol. The highest BCUT2D eigenvalue weighted by Crippen LogP contribution is 2.31. The van der Waals surface area contributed by atoms with Gasteiger partial charge in [0.2, 0.25) is 5.91 Å². The summed E-state index contributed by atoms with van der Waals surface area (Å²) in [5.74, 6) is 2.04. The van der Waals surface area contributed by atoms with Gasteiger partial charge in [-0.15, -0.1) is 0 Å². The average molecular weight is 527 g/mol. The molecule has 38 heavy (non-hydrogen) atoms. The maximum absolute atomic E-state index is 13.6. The van der Waals surface area contributed by atoms with Crippen LogP contribution in [0.3, 0.4) is 0 Å². The molecule has 0 unspecified atom stereocenters. The zero-order chi connectivity index (χ0) is 26.6. The molecule has 0 spiro atoms. The number of carbonyl (C=O) groups excluding carboxylic acids is 1. The largest absolute Gasteiger partial charge is 0.465 e. The molecule has 0 radical (unpaired) electrons. The van der Waals surface area contributed by atoms with Gasteiger partial charge in [-0.2, -0.15) is 0 Å². The van der Waals surface area contributed by atoms with Crippen LogP contribution < -0.4 is 14.5 Å². The molecule has 208 valence electrons. The maximum Gasteiger partial charge on any atom is 0.231 e. The highest BCUT2D eigenvalue weighted by Gasteiger charge is 2.31. The molecule has 9 heteroatoms. The Morgan fingerprint density at radius 1 is 1.03 bits per heavy atom. The molecule has 2 fully saturated rings. The molecule has 1 aliphatic carbocycles. The number of carbonyl (C=O) groups is 1. The Morgan fingerprint density at radius 2 is 1.79 bits per heavy atom. The number of rotatable bonds is 13. The van der Waals surface area contributed by atoms with Crippen LogP contribution in [-0.2, 0) is 14.3 Å². The van der Waals surface area contributed by atoms with Crippen LogP contribution in [0.5, 0.6) is 5.75 Å². The first-order chi connectivity index (χ1) is 18.7. The molecule has 9 nitrogen and oxygen atoms in total. The van der Waals surface area contributed by atoms with Crippen molar-refractivity contribution < 1.29 is 24.1 Å². The van der Waals surface area contributed by atoms with E-state index < -0.39 is 0 Å². The van der Waals surface area contributed by atoms with Crippen LogP contribution in [0.15, 0.2) is 48.7 Å². The molecule has 1 N–H and O–H groups in total. The van der Waals surface area contributed by atoms with Crippen molar-refractivity contribution in [3.63, 3.8) is 0 Å². The second kappa shape index (κ2) is 15.0. The van der Waals surface area contributed by atoms with Crippen molar-refractivity contribution in [1.82, 2.24) is 9.88 Å². The Morgan fingerprint density at radius 3 is 2.50 bits per heavy atom. The number of pyridine rings is 1. The quantitative estimate of drug-likeness (QED) is 0.315. The van der Waals surface area contributed by atoms with Crippen LogP contribution in [0.1, 0.15) is 25.7 Å². The summed E-state index contributed by atoms with van der Waals surface area (Å²) in [7, 11) is 1.65. The van der Waals surface area contributed by atoms with E-state index in [9.17, 15) is 9.90 Å². The molecule has 1 amide bonds. The van der Waals surface area contributed by atoms with Gasteiger partial charge in [0.25, 0.3) is 0 Å². The molecule has 4 rings (SSSR count). The lowest BCUT2D eigenvalue weighted by molar-refractivity contribution is -0.123. The van der Waals surface area contributed by atoms with Crippen LogP contribution >= 0.6 is 0 Å². The summed E-state index contributed by atoms with van der Waals surface area (Å²) in [4.78, 5) is 24.7. The number of piperazine rings is 1. The summed E-state index contributed by atoms with van der Waals surface area (Å²) < 4.78 is 16.4. The SMILES string of the molecule is COCCOCOc1ccccc1N1CCN(CCN(C(=O)C2CCC(CO)CC2)c2ccccn2)CC1. The molecule has 1 aromatic heterocycles. The van der Waals surface area contributed by atoms with E-state index in [2.05, 4.69) is 20.9 Å². The lowest BCUT2D eigenvalue weighted by Gasteiger charge is -2.38. The Hall–Kier alpha value is -2.72. The molecule has 1 aliphatic heterocycles. The molecule has 1 saturated carbocycles. The lowest BCUT2D eigenvalue weighted by Crippen LogP contribution is -2.50. The fraction of sp³-hybridized carbons (Fsp3) is 0.586. The Balaban J connectivity index is 1.30. The Bertz CT molecular complexity index is 962. The average Bonchev–Trinajstić information content (AvgIpc) is 2.98. The van der Waals surface area contributed by atoms with Crippen LogP contribution in [0, 0.1) is 11.8 Å². The van der Waals surface area contributed by atoms with E-state index in [1.54, 1.807) is 13.3 Å². The first kappa shape index (κ1) is 28.3. The summed E-state index contributed by atoms with van der Waals surface area (Å²) in [6.45, 7) is 6.45. The first-order valence-corrected chi connectivity index (χ1v) is 13.8. The van der Waals surface area contributed by atoms with Gasteiger partial charge in [0.15, 0.2) is 6.79 Å². The van der Waals surface area contributed by atoms with Gasteiger partial charge >= 0.3 is 0 Å². The monoisotopic (exact) mass is 526 g/mol. The third-order valence-electron chi connectivity index (χ3n) is 7.59. The van der Waals surface area contributed by atoms with Crippen LogP contribution in [0.25, 0.3) is 0 Å². The predicted molar refractivity (Wildman–Crippen MR) is 148 cm³/mol. The number of ether oxygens (including phenoxy) is 3. The third-order valence-corrected chi connectivity index (χ3v) is 7.59. The number of aromatic nitrogens is 1. The van der Waals surface area contributed by atoms with E-state index in [-0.39, 0.29) is 25.2 Å². The van der Waals surface area contributed by atoms with Crippen molar-refractivity contribution in [2.75, 3.05) is 82.8 Å². The van der Waals surface area contributed by atoms with Gasteiger partial charge in [-0.1, -0.05) is 18.2 Å². The van der Waals surface area contributed by atoms with E-state index in [1.807, 2.05) is 41.3 Å². The smallest absolute Gasteiger partial charge is 0.231 e. The van der Waals surface area contributed by atoms with Crippen LogP contribution in [0.4, 0.5) is 11.5 Å². The Kier molecular flexibility index (Phi) is 11.2. The number of hydrogen-bond donors (Lipinski definition) is 1. The van der Waals surface area contributed by atoms with Gasteiger partial charge in [0, 0.05) is 65.1 Å². The van der Waals surface area contributed by atoms with Crippen LogP contribution in [0.2, 0.25) is 0 Å². The lowest BCUT2D eigenvalue weighted by atomic mass is 9.81. The molecule has 1 aromatic carbocycles. The van der Waals surface area contributed by atoms with E-state index in [0.29, 0.717) is 25.7 Å². The number of para-hydroxylation sites is 2. The van der Waals surface area contributed by atoms with E-state index in [1.165, 1.54) is 0 Å². The molecule has 1 saturated heterocycles. The van der Waals surface area contributed by atoms with Gasteiger partial charge in [0.1, 0.15) is 11.6 Å². The highest BCUT2D eigenvalue weighted by molar-refractivity contribution is 5.94. The summed E-state index contributed by atoms with van der Waals surface area (Å²) in [6, 6.07) is 13.8.